The predicted molar refractivity (Wildman–Crippen MR) is 96.0 cm³/mol. The van der Waals surface area contributed by atoms with Crippen LogP contribution in [0.4, 0.5) is 0 Å². The molecule has 0 radical (unpaired) electrons. The van der Waals surface area contributed by atoms with E-state index in [9.17, 15) is 14.7 Å². The lowest BCUT2D eigenvalue weighted by Crippen LogP contribution is -2.37. The largest absolute Gasteiger partial charge is 0.394 e. The van der Waals surface area contributed by atoms with E-state index < -0.39 is 0 Å². The van der Waals surface area contributed by atoms with Gasteiger partial charge in [0.05, 0.1) is 19.0 Å². The summed E-state index contributed by atoms with van der Waals surface area (Å²) in [4.78, 5) is 28.7. The lowest BCUT2D eigenvalue weighted by molar-refractivity contribution is -0.123. The molecule has 8 nitrogen and oxygen atoms in total. The summed E-state index contributed by atoms with van der Waals surface area (Å²) in [6, 6.07) is 0. The fourth-order valence-electron chi connectivity index (χ4n) is 2.76. The van der Waals surface area contributed by atoms with Crippen LogP contribution in [0.2, 0.25) is 0 Å². The second-order valence-corrected chi connectivity index (χ2v) is 6.68. The Morgan fingerprint density at radius 3 is 2.73 bits per heavy atom. The van der Waals surface area contributed by atoms with Crippen LogP contribution in [0, 0.1) is 12.8 Å². The standard InChI is InChI=1S/C18H28N4O4/c1-5-6-14(20-17(24)11(2)3)21-18(25)16-12(4)22(10-19-16)15-8-7-13(9-23)26-15/h6,10-11,13,15,23H,5,7-9H2,1-4H3,(H,20,24)(H,21,25)/b14-6+. The normalized spacial score (nSPS) is 20.5. The smallest absolute Gasteiger partial charge is 0.277 e. The van der Waals surface area contributed by atoms with E-state index in [1.807, 2.05) is 6.92 Å². The molecule has 0 aromatic carbocycles. The molecule has 1 aliphatic rings. The first-order valence-corrected chi connectivity index (χ1v) is 8.99. The van der Waals surface area contributed by atoms with E-state index in [2.05, 4.69) is 15.6 Å². The summed E-state index contributed by atoms with van der Waals surface area (Å²) < 4.78 is 7.55. The summed E-state index contributed by atoms with van der Waals surface area (Å²) in [7, 11) is 0. The van der Waals surface area contributed by atoms with Gasteiger partial charge in [-0.3, -0.25) is 9.59 Å². The molecule has 2 atom stereocenters. The van der Waals surface area contributed by atoms with Crippen molar-refractivity contribution in [1.29, 1.82) is 0 Å². The summed E-state index contributed by atoms with van der Waals surface area (Å²) in [6.07, 6.45) is 5.11. The van der Waals surface area contributed by atoms with Gasteiger partial charge in [0.15, 0.2) is 0 Å². The molecule has 1 aliphatic heterocycles. The number of hydrogen-bond acceptors (Lipinski definition) is 5. The highest BCUT2D eigenvalue weighted by molar-refractivity contribution is 5.95. The van der Waals surface area contributed by atoms with E-state index in [0.29, 0.717) is 17.9 Å². The summed E-state index contributed by atoms with van der Waals surface area (Å²) in [5.74, 6) is -0.377. The number of ether oxygens (including phenoxy) is 1. The molecular weight excluding hydrogens is 336 g/mol. The van der Waals surface area contributed by atoms with Gasteiger partial charge in [-0.2, -0.15) is 0 Å². The fraction of sp³-hybridized carbons (Fsp3) is 0.611. The minimum Gasteiger partial charge on any atom is -0.394 e. The zero-order valence-corrected chi connectivity index (χ0v) is 15.8. The van der Waals surface area contributed by atoms with Crippen molar-refractivity contribution < 1.29 is 19.4 Å². The first-order valence-electron chi connectivity index (χ1n) is 8.99. The Kier molecular flexibility index (Phi) is 6.93. The minimum atomic E-state index is -0.387. The maximum atomic E-state index is 12.6. The second-order valence-electron chi connectivity index (χ2n) is 6.68. The van der Waals surface area contributed by atoms with Gasteiger partial charge in [0.2, 0.25) is 5.91 Å². The molecular formula is C18H28N4O4. The summed E-state index contributed by atoms with van der Waals surface area (Å²) in [5.41, 5.74) is 0.957. The van der Waals surface area contributed by atoms with Gasteiger partial charge in [0.25, 0.3) is 5.91 Å². The Labute approximate surface area is 153 Å². The van der Waals surface area contributed by atoms with E-state index in [1.165, 1.54) is 0 Å². The molecule has 8 heteroatoms. The molecule has 0 bridgehead atoms. The maximum Gasteiger partial charge on any atom is 0.277 e. The van der Waals surface area contributed by atoms with Gasteiger partial charge in [0.1, 0.15) is 17.7 Å². The molecule has 1 saturated heterocycles. The van der Waals surface area contributed by atoms with Gasteiger partial charge in [-0.15, -0.1) is 0 Å². The number of carbonyl (C=O) groups excluding carboxylic acids is 2. The Balaban J connectivity index is 2.09. The number of carbonyl (C=O) groups is 2. The van der Waals surface area contributed by atoms with E-state index in [0.717, 1.165) is 12.8 Å². The van der Waals surface area contributed by atoms with Crippen molar-refractivity contribution in [2.45, 2.75) is 59.3 Å². The van der Waals surface area contributed by atoms with Gasteiger partial charge in [-0.05, 0) is 32.3 Å². The number of allylic oxidation sites excluding steroid dienone is 1. The van der Waals surface area contributed by atoms with Gasteiger partial charge >= 0.3 is 0 Å². The van der Waals surface area contributed by atoms with E-state index in [-0.39, 0.29) is 42.4 Å². The van der Waals surface area contributed by atoms with Crippen LogP contribution in [0.15, 0.2) is 18.2 Å². The van der Waals surface area contributed by atoms with Crippen molar-refractivity contribution in [3.8, 4) is 0 Å². The van der Waals surface area contributed by atoms with Crippen LogP contribution >= 0.6 is 0 Å². The number of nitrogens with one attached hydrogen (secondary N) is 2. The molecule has 144 valence electrons. The molecule has 2 unspecified atom stereocenters. The number of rotatable bonds is 7. The number of aliphatic hydroxyl groups is 1. The van der Waals surface area contributed by atoms with Crippen LogP contribution in [0.25, 0.3) is 0 Å². The molecule has 0 saturated carbocycles. The first kappa shape index (κ1) is 20.1. The first-order chi connectivity index (χ1) is 12.4. The Hall–Kier alpha value is -2.19. The maximum absolute atomic E-state index is 12.6. The van der Waals surface area contributed by atoms with E-state index in [1.54, 1.807) is 37.7 Å². The lowest BCUT2D eigenvalue weighted by Gasteiger charge is -2.16. The van der Waals surface area contributed by atoms with Gasteiger partial charge < -0.3 is 25.0 Å². The molecule has 2 amide bonds. The van der Waals surface area contributed by atoms with Gasteiger partial charge in [-0.25, -0.2) is 4.98 Å². The Morgan fingerprint density at radius 1 is 1.42 bits per heavy atom. The highest BCUT2D eigenvalue weighted by Gasteiger charge is 2.28. The molecule has 1 aromatic rings. The van der Waals surface area contributed by atoms with Gasteiger partial charge in [-0.1, -0.05) is 20.8 Å². The molecule has 1 aromatic heterocycles. The number of aromatic nitrogens is 2. The summed E-state index contributed by atoms with van der Waals surface area (Å²) >= 11 is 0. The van der Waals surface area contributed by atoms with Crippen LogP contribution in [-0.4, -0.2) is 39.2 Å². The third-order valence-electron chi connectivity index (χ3n) is 4.29. The topological polar surface area (TPSA) is 105 Å². The number of nitrogens with zero attached hydrogens (tertiary/aromatic N) is 2. The monoisotopic (exact) mass is 364 g/mol. The van der Waals surface area contributed by atoms with Gasteiger partial charge in [0, 0.05) is 11.6 Å². The molecule has 0 aliphatic carbocycles. The average Bonchev–Trinajstić information content (AvgIpc) is 3.20. The molecule has 0 spiro atoms. The SMILES string of the molecule is CC/C=C(/NC(=O)c1ncn(C2CCC(CO)O2)c1C)NC(=O)C(C)C. The number of imidazole rings is 1. The van der Waals surface area contributed by atoms with Crippen LogP contribution in [0.1, 0.15) is 62.4 Å². The van der Waals surface area contributed by atoms with Crippen molar-refractivity contribution in [2.75, 3.05) is 6.61 Å². The number of hydrogen-bond donors (Lipinski definition) is 3. The van der Waals surface area contributed by atoms with E-state index in [4.69, 9.17) is 4.74 Å². The van der Waals surface area contributed by atoms with Crippen LogP contribution in [-0.2, 0) is 9.53 Å². The Morgan fingerprint density at radius 2 is 2.15 bits per heavy atom. The number of aliphatic hydroxyl groups excluding tert-OH is 1. The van der Waals surface area contributed by atoms with Crippen LogP contribution in [0.3, 0.4) is 0 Å². The van der Waals surface area contributed by atoms with Crippen molar-refractivity contribution >= 4 is 11.8 Å². The molecule has 2 heterocycles. The van der Waals surface area contributed by atoms with Crippen molar-refractivity contribution in [3.05, 3.63) is 29.6 Å². The third kappa shape index (κ3) is 4.70. The zero-order chi connectivity index (χ0) is 19.3. The average molecular weight is 364 g/mol. The highest BCUT2D eigenvalue weighted by atomic mass is 16.5. The number of amides is 2. The summed E-state index contributed by atoms with van der Waals surface area (Å²) in [6.45, 7) is 7.27. The third-order valence-corrected chi connectivity index (χ3v) is 4.29. The van der Waals surface area contributed by atoms with Crippen LogP contribution < -0.4 is 10.6 Å². The fourth-order valence-corrected chi connectivity index (χ4v) is 2.76. The van der Waals surface area contributed by atoms with Crippen LogP contribution in [0.5, 0.6) is 0 Å². The van der Waals surface area contributed by atoms with E-state index >= 15 is 0 Å². The quantitative estimate of drug-likeness (QED) is 0.682. The molecule has 3 N–H and O–H groups in total. The zero-order valence-electron chi connectivity index (χ0n) is 15.8. The predicted octanol–water partition coefficient (Wildman–Crippen LogP) is 1.61. The second kappa shape index (κ2) is 8.95. The van der Waals surface area contributed by atoms with Crippen molar-refractivity contribution in [3.63, 3.8) is 0 Å². The molecule has 2 rings (SSSR count). The Bertz CT molecular complexity index is 681. The van der Waals surface area contributed by atoms with Crippen molar-refractivity contribution in [1.82, 2.24) is 20.2 Å². The van der Waals surface area contributed by atoms with Crippen molar-refractivity contribution in [2.24, 2.45) is 5.92 Å². The molecule has 1 fully saturated rings. The summed E-state index contributed by atoms with van der Waals surface area (Å²) in [5, 5.41) is 14.6. The lowest BCUT2D eigenvalue weighted by atomic mass is 10.2. The highest BCUT2D eigenvalue weighted by Crippen LogP contribution is 2.29. The molecule has 26 heavy (non-hydrogen) atoms. The minimum absolute atomic E-state index is 0.0156.